The van der Waals surface area contributed by atoms with Crippen LogP contribution in [0.3, 0.4) is 0 Å². The lowest BCUT2D eigenvalue weighted by atomic mass is 10.1. The monoisotopic (exact) mass is 298 g/mol. The van der Waals surface area contributed by atoms with Crippen molar-refractivity contribution < 1.29 is 9.53 Å². The summed E-state index contributed by atoms with van der Waals surface area (Å²) < 4.78 is 4.66. The highest BCUT2D eigenvalue weighted by Crippen LogP contribution is 2.27. The molecule has 3 aromatic rings. The highest BCUT2D eigenvalue weighted by molar-refractivity contribution is 7.13. The van der Waals surface area contributed by atoms with Crippen molar-refractivity contribution in [3.63, 3.8) is 0 Å². The number of nitrogens with zero attached hydrogens (tertiary/aromatic N) is 2. The number of fused-ring (bicyclic) bond motifs is 1. The first-order valence-corrected chi connectivity index (χ1v) is 7.42. The summed E-state index contributed by atoms with van der Waals surface area (Å²) in [6.07, 6.45) is 0.210. The molecule has 0 unspecified atom stereocenters. The molecule has 0 spiro atoms. The van der Waals surface area contributed by atoms with Gasteiger partial charge in [-0.1, -0.05) is 6.07 Å². The Balaban J connectivity index is 1.93. The zero-order valence-corrected chi connectivity index (χ0v) is 12.6. The van der Waals surface area contributed by atoms with Gasteiger partial charge in [0.2, 0.25) is 0 Å². The van der Waals surface area contributed by atoms with Gasteiger partial charge in [-0.15, -0.1) is 11.3 Å². The van der Waals surface area contributed by atoms with E-state index in [4.69, 9.17) is 0 Å². The number of thiazole rings is 1. The second-order valence-corrected chi connectivity index (χ2v) is 5.62. The van der Waals surface area contributed by atoms with Gasteiger partial charge < -0.3 is 4.74 Å². The van der Waals surface area contributed by atoms with Crippen molar-refractivity contribution in [2.24, 2.45) is 0 Å². The molecule has 5 heteroatoms. The Bertz CT molecular complexity index is 811. The summed E-state index contributed by atoms with van der Waals surface area (Å²) in [7, 11) is 1.38. The molecule has 0 aliphatic heterocycles. The second kappa shape index (κ2) is 5.61. The van der Waals surface area contributed by atoms with Crippen LogP contribution in [-0.4, -0.2) is 23.0 Å². The molecule has 0 aliphatic rings. The molecule has 4 nitrogen and oxygen atoms in total. The van der Waals surface area contributed by atoms with Crippen molar-refractivity contribution in [3.8, 4) is 10.6 Å². The van der Waals surface area contributed by atoms with Crippen molar-refractivity contribution in [1.29, 1.82) is 0 Å². The number of hydrogen-bond acceptors (Lipinski definition) is 5. The first-order chi connectivity index (χ1) is 10.2. The number of carbonyl (C=O) groups is 1. The van der Waals surface area contributed by atoms with E-state index in [0.29, 0.717) is 0 Å². The molecule has 21 heavy (non-hydrogen) atoms. The number of ether oxygens (including phenoxy) is 1. The van der Waals surface area contributed by atoms with E-state index >= 15 is 0 Å². The van der Waals surface area contributed by atoms with Crippen LogP contribution in [0.4, 0.5) is 0 Å². The summed E-state index contributed by atoms with van der Waals surface area (Å²) in [5.41, 5.74) is 3.76. The number of hydrogen-bond donors (Lipinski definition) is 0. The van der Waals surface area contributed by atoms with Crippen molar-refractivity contribution >= 4 is 28.2 Å². The summed E-state index contributed by atoms with van der Waals surface area (Å²) in [5.74, 6) is -0.273. The van der Waals surface area contributed by atoms with E-state index in [2.05, 4.69) is 26.8 Å². The Hall–Kier alpha value is -2.27. The average Bonchev–Trinajstić information content (AvgIpc) is 2.95. The third kappa shape index (κ3) is 2.92. The van der Waals surface area contributed by atoms with Crippen molar-refractivity contribution in [3.05, 3.63) is 47.1 Å². The number of esters is 1. The molecular formula is C16H14N2O2S. The number of aromatic nitrogens is 2. The van der Waals surface area contributed by atoms with Gasteiger partial charge in [-0.3, -0.25) is 9.78 Å². The number of methoxy groups -OCH3 is 1. The van der Waals surface area contributed by atoms with Crippen molar-refractivity contribution in [2.45, 2.75) is 13.3 Å². The van der Waals surface area contributed by atoms with E-state index in [9.17, 15) is 4.79 Å². The fourth-order valence-electron chi connectivity index (χ4n) is 2.10. The Morgan fingerprint density at radius 2 is 2.10 bits per heavy atom. The summed E-state index contributed by atoms with van der Waals surface area (Å²) in [6, 6.07) is 10.1. The van der Waals surface area contributed by atoms with E-state index in [0.717, 1.165) is 32.9 Å². The summed E-state index contributed by atoms with van der Waals surface area (Å²) in [4.78, 5) is 20.2. The smallest absolute Gasteiger partial charge is 0.311 e. The average molecular weight is 298 g/mol. The molecule has 2 aromatic heterocycles. The predicted molar refractivity (Wildman–Crippen MR) is 83.3 cm³/mol. The number of aryl methyl sites for hydroxylation is 1. The van der Waals surface area contributed by atoms with Gasteiger partial charge in [0.15, 0.2) is 0 Å². The number of carbonyl (C=O) groups excluding carboxylic acids is 1. The van der Waals surface area contributed by atoms with E-state index in [1.807, 2.05) is 30.5 Å². The Labute approximate surface area is 126 Å². The topological polar surface area (TPSA) is 52.1 Å². The molecule has 3 rings (SSSR count). The third-order valence-electron chi connectivity index (χ3n) is 3.18. The van der Waals surface area contributed by atoms with Crippen LogP contribution in [0.15, 0.2) is 35.7 Å². The molecule has 0 saturated heterocycles. The fraction of sp³-hybridized carbons (Fsp3) is 0.188. The molecule has 0 radical (unpaired) electrons. The quantitative estimate of drug-likeness (QED) is 0.696. The maximum absolute atomic E-state index is 11.3. The van der Waals surface area contributed by atoms with Crippen LogP contribution in [0.25, 0.3) is 21.5 Å². The van der Waals surface area contributed by atoms with Crippen LogP contribution >= 0.6 is 11.3 Å². The summed E-state index contributed by atoms with van der Waals surface area (Å²) in [5, 5.41) is 3.88. The van der Waals surface area contributed by atoms with Crippen LogP contribution in [0, 0.1) is 6.92 Å². The molecule has 0 atom stereocenters. The van der Waals surface area contributed by atoms with Crippen LogP contribution < -0.4 is 0 Å². The Morgan fingerprint density at radius 1 is 1.24 bits per heavy atom. The zero-order valence-electron chi connectivity index (χ0n) is 11.8. The first kappa shape index (κ1) is 13.7. The maximum Gasteiger partial charge on any atom is 0.311 e. The molecule has 1 aromatic carbocycles. The van der Waals surface area contributed by atoms with Crippen molar-refractivity contribution in [1.82, 2.24) is 9.97 Å². The van der Waals surface area contributed by atoms with E-state index < -0.39 is 0 Å². The third-order valence-corrected chi connectivity index (χ3v) is 4.12. The van der Waals surface area contributed by atoms with Crippen molar-refractivity contribution in [2.75, 3.05) is 7.11 Å². The van der Waals surface area contributed by atoms with Gasteiger partial charge in [-0.2, -0.15) is 0 Å². The van der Waals surface area contributed by atoms with Gasteiger partial charge in [-0.25, -0.2) is 4.98 Å². The van der Waals surface area contributed by atoms with E-state index in [1.54, 1.807) is 0 Å². The lowest BCUT2D eigenvalue weighted by molar-refractivity contribution is -0.139. The first-order valence-electron chi connectivity index (χ1n) is 6.55. The summed E-state index contributed by atoms with van der Waals surface area (Å²) in [6.45, 7) is 1.98. The SMILES string of the molecule is COC(=O)Cc1csc(-c2ccc3nc(C)ccc3c2)n1. The van der Waals surface area contributed by atoms with Crippen LogP contribution in [0.2, 0.25) is 0 Å². The second-order valence-electron chi connectivity index (χ2n) is 4.76. The van der Waals surface area contributed by atoms with Gasteiger partial charge in [0.05, 0.1) is 24.7 Å². The van der Waals surface area contributed by atoms with Crippen LogP contribution in [0.1, 0.15) is 11.4 Å². The van der Waals surface area contributed by atoms with Gasteiger partial charge in [0, 0.05) is 22.0 Å². The normalized spacial score (nSPS) is 10.8. The molecule has 0 amide bonds. The molecule has 0 N–H and O–H groups in total. The minimum atomic E-state index is -0.273. The fourth-order valence-corrected chi connectivity index (χ4v) is 2.92. The van der Waals surface area contributed by atoms with Crippen LogP contribution in [0.5, 0.6) is 0 Å². The van der Waals surface area contributed by atoms with Gasteiger partial charge in [0.1, 0.15) is 5.01 Å². The van der Waals surface area contributed by atoms with Crippen LogP contribution in [-0.2, 0) is 16.0 Å². The molecular weight excluding hydrogens is 284 g/mol. The highest BCUT2D eigenvalue weighted by Gasteiger charge is 2.09. The Morgan fingerprint density at radius 3 is 2.90 bits per heavy atom. The van der Waals surface area contributed by atoms with Gasteiger partial charge in [-0.05, 0) is 31.2 Å². The van der Waals surface area contributed by atoms with Gasteiger partial charge >= 0.3 is 5.97 Å². The number of pyridine rings is 1. The number of benzene rings is 1. The standard InChI is InChI=1S/C16H14N2O2S/c1-10-3-4-11-7-12(5-6-14(11)17-10)16-18-13(9-21-16)8-15(19)20-2/h3-7,9H,8H2,1-2H3. The maximum atomic E-state index is 11.3. The minimum absolute atomic E-state index is 0.210. The van der Waals surface area contributed by atoms with Gasteiger partial charge in [0.25, 0.3) is 0 Å². The zero-order chi connectivity index (χ0) is 14.8. The number of rotatable bonds is 3. The van der Waals surface area contributed by atoms with E-state index in [-0.39, 0.29) is 12.4 Å². The largest absolute Gasteiger partial charge is 0.469 e. The molecule has 0 saturated carbocycles. The van der Waals surface area contributed by atoms with E-state index in [1.165, 1.54) is 18.4 Å². The lowest BCUT2D eigenvalue weighted by Gasteiger charge is -2.01. The molecule has 0 aliphatic carbocycles. The molecule has 2 heterocycles. The molecule has 106 valence electrons. The highest BCUT2D eigenvalue weighted by atomic mass is 32.1. The molecule has 0 fully saturated rings. The Kier molecular flexibility index (Phi) is 3.66. The lowest BCUT2D eigenvalue weighted by Crippen LogP contribution is -2.04. The summed E-state index contributed by atoms with van der Waals surface area (Å²) >= 11 is 1.53. The minimum Gasteiger partial charge on any atom is -0.469 e. The predicted octanol–water partition coefficient (Wildman–Crippen LogP) is 3.38. The molecule has 0 bridgehead atoms.